The monoisotopic (exact) mass is 214 g/mol. The van der Waals surface area contributed by atoms with Gasteiger partial charge in [0.1, 0.15) is 5.54 Å². The number of nitrogens with zero attached hydrogens (tertiary/aromatic N) is 1. The molecule has 3 nitrogen and oxygen atoms in total. The number of aliphatic hydroxyl groups excluding tert-OH is 1. The topological polar surface area (TPSA) is 56.0 Å². The Morgan fingerprint density at radius 1 is 1.50 bits per heavy atom. The first kappa shape index (κ1) is 11.8. The van der Waals surface area contributed by atoms with Crippen LogP contribution in [-0.4, -0.2) is 35.3 Å². The van der Waals surface area contributed by atoms with Gasteiger partial charge in [-0.2, -0.15) is 17.0 Å². The summed E-state index contributed by atoms with van der Waals surface area (Å²) in [6.45, 7) is 4.97. The van der Waals surface area contributed by atoms with E-state index in [9.17, 15) is 5.26 Å². The van der Waals surface area contributed by atoms with Gasteiger partial charge >= 0.3 is 0 Å². The number of rotatable bonds is 3. The lowest BCUT2D eigenvalue weighted by atomic mass is 9.80. The summed E-state index contributed by atoms with van der Waals surface area (Å²) in [6, 6.07) is 2.36. The first-order valence-corrected chi connectivity index (χ1v) is 6.04. The molecule has 1 saturated heterocycles. The molecule has 0 aliphatic carbocycles. The third-order valence-corrected chi connectivity index (χ3v) is 4.09. The van der Waals surface area contributed by atoms with Gasteiger partial charge in [-0.25, -0.2) is 0 Å². The van der Waals surface area contributed by atoms with Crippen LogP contribution in [-0.2, 0) is 0 Å². The van der Waals surface area contributed by atoms with Crippen molar-refractivity contribution >= 4 is 11.8 Å². The Labute approximate surface area is 89.9 Å². The van der Waals surface area contributed by atoms with E-state index in [1.807, 2.05) is 11.8 Å². The van der Waals surface area contributed by atoms with Crippen LogP contribution in [0.25, 0.3) is 0 Å². The molecule has 0 aromatic heterocycles. The van der Waals surface area contributed by atoms with Crippen molar-refractivity contribution in [2.75, 3.05) is 24.7 Å². The van der Waals surface area contributed by atoms with Crippen molar-refractivity contribution in [3.63, 3.8) is 0 Å². The highest BCUT2D eigenvalue weighted by molar-refractivity contribution is 7.99. The molecule has 0 aromatic rings. The van der Waals surface area contributed by atoms with Crippen LogP contribution in [0, 0.1) is 16.7 Å². The molecule has 1 aliphatic rings. The second-order valence-electron chi connectivity index (χ2n) is 4.68. The Hall–Kier alpha value is -0.240. The molecule has 1 aliphatic heterocycles. The van der Waals surface area contributed by atoms with Gasteiger partial charge in [-0.05, 0) is 17.6 Å². The van der Waals surface area contributed by atoms with Crippen molar-refractivity contribution in [3.8, 4) is 6.07 Å². The molecule has 1 rings (SSSR count). The highest BCUT2D eigenvalue weighted by Crippen LogP contribution is 2.38. The van der Waals surface area contributed by atoms with Crippen molar-refractivity contribution in [1.82, 2.24) is 5.32 Å². The minimum absolute atomic E-state index is 0.0918. The van der Waals surface area contributed by atoms with Crippen LogP contribution >= 0.6 is 11.8 Å². The fourth-order valence-electron chi connectivity index (χ4n) is 1.94. The summed E-state index contributed by atoms with van der Waals surface area (Å²) in [6.07, 6.45) is 0.865. The van der Waals surface area contributed by atoms with Crippen LogP contribution in [0.15, 0.2) is 0 Å². The van der Waals surface area contributed by atoms with Crippen LogP contribution in [0.5, 0.6) is 0 Å². The average Bonchev–Trinajstić information content (AvgIpc) is 2.13. The number of hydrogen-bond donors (Lipinski definition) is 2. The molecule has 4 heteroatoms. The van der Waals surface area contributed by atoms with E-state index >= 15 is 0 Å². The van der Waals surface area contributed by atoms with Crippen molar-refractivity contribution in [3.05, 3.63) is 0 Å². The van der Waals surface area contributed by atoms with Gasteiger partial charge in [0.05, 0.1) is 12.7 Å². The van der Waals surface area contributed by atoms with E-state index in [1.165, 1.54) is 0 Å². The van der Waals surface area contributed by atoms with E-state index < -0.39 is 5.54 Å². The number of aliphatic hydroxyl groups is 1. The van der Waals surface area contributed by atoms with Crippen molar-refractivity contribution in [2.45, 2.75) is 25.8 Å². The zero-order chi connectivity index (χ0) is 10.7. The van der Waals surface area contributed by atoms with Crippen molar-refractivity contribution in [2.24, 2.45) is 5.41 Å². The predicted molar refractivity (Wildman–Crippen MR) is 59.2 cm³/mol. The maximum Gasteiger partial charge on any atom is 0.116 e. The largest absolute Gasteiger partial charge is 0.395 e. The number of thioether (sulfide) groups is 1. The van der Waals surface area contributed by atoms with Crippen molar-refractivity contribution < 1.29 is 5.11 Å². The highest BCUT2D eigenvalue weighted by atomic mass is 32.2. The SMILES string of the molecule is CC1(C)CSCC(C#N)(NCCO)C1. The van der Waals surface area contributed by atoms with Gasteiger partial charge in [0.25, 0.3) is 0 Å². The van der Waals surface area contributed by atoms with Crippen LogP contribution in [0.2, 0.25) is 0 Å². The Morgan fingerprint density at radius 2 is 2.21 bits per heavy atom. The minimum Gasteiger partial charge on any atom is -0.395 e. The van der Waals surface area contributed by atoms with Gasteiger partial charge in [0, 0.05) is 12.3 Å². The summed E-state index contributed by atoms with van der Waals surface area (Å²) in [5.74, 6) is 1.93. The van der Waals surface area contributed by atoms with E-state index in [0.29, 0.717) is 6.54 Å². The van der Waals surface area contributed by atoms with E-state index in [-0.39, 0.29) is 12.0 Å². The molecule has 0 aromatic carbocycles. The lowest BCUT2D eigenvalue weighted by molar-refractivity contribution is 0.237. The molecule has 80 valence electrons. The van der Waals surface area contributed by atoms with Gasteiger partial charge in [-0.3, -0.25) is 5.32 Å². The molecule has 14 heavy (non-hydrogen) atoms. The Balaban J connectivity index is 2.65. The lowest BCUT2D eigenvalue weighted by Gasteiger charge is -2.40. The molecule has 0 radical (unpaired) electrons. The lowest BCUT2D eigenvalue weighted by Crippen LogP contribution is -2.53. The van der Waals surface area contributed by atoms with E-state index in [2.05, 4.69) is 25.2 Å². The van der Waals surface area contributed by atoms with Gasteiger partial charge in [-0.1, -0.05) is 13.8 Å². The number of nitriles is 1. The maximum absolute atomic E-state index is 9.19. The molecular formula is C10H18N2OS. The summed E-state index contributed by atoms with van der Waals surface area (Å²) in [5.41, 5.74) is -0.226. The molecule has 0 amide bonds. The fourth-order valence-corrected chi connectivity index (χ4v) is 3.31. The van der Waals surface area contributed by atoms with Crippen molar-refractivity contribution in [1.29, 1.82) is 5.26 Å². The molecule has 0 saturated carbocycles. The van der Waals surface area contributed by atoms with E-state index in [4.69, 9.17) is 5.11 Å². The molecule has 1 heterocycles. The summed E-state index contributed by atoms with van der Waals surface area (Å²) in [7, 11) is 0. The summed E-state index contributed by atoms with van der Waals surface area (Å²) >= 11 is 1.82. The quantitative estimate of drug-likeness (QED) is 0.736. The number of hydrogen-bond acceptors (Lipinski definition) is 4. The summed E-state index contributed by atoms with van der Waals surface area (Å²) in [4.78, 5) is 0. The number of β-amino-alcohol motifs (C(OH)–C–C–N with tert-alkyl or cyclic N) is 1. The molecule has 2 N–H and O–H groups in total. The molecular weight excluding hydrogens is 196 g/mol. The Kier molecular flexibility index (Phi) is 3.82. The van der Waals surface area contributed by atoms with Gasteiger partial charge in [0.2, 0.25) is 0 Å². The molecule has 0 spiro atoms. The third-order valence-electron chi connectivity index (χ3n) is 2.41. The minimum atomic E-state index is -0.435. The molecule has 1 atom stereocenters. The average molecular weight is 214 g/mol. The first-order valence-electron chi connectivity index (χ1n) is 4.88. The third kappa shape index (κ3) is 2.88. The van der Waals surface area contributed by atoms with Crippen LogP contribution in [0.4, 0.5) is 0 Å². The second kappa shape index (κ2) is 4.52. The van der Waals surface area contributed by atoms with Gasteiger partial charge in [0.15, 0.2) is 0 Å². The normalized spacial score (nSPS) is 31.0. The highest BCUT2D eigenvalue weighted by Gasteiger charge is 2.40. The molecule has 0 bridgehead atoms. The predicted octanol–water partition coefficient (Wildman–Crippen LogP) is 0.994. The molecule has 1 unspecified atom stereocenters. The Bertz CT molecular complexity index is 237. The van der Waals surface area contributed by atoms with E-state index in [1.54, 1.807) is 0 Å². The standard InChI is InChI=1S/C10H18N2OS/c1-9(2)5-10(6-11,8-14-7-9)12-3-4-13/h12-13H,3-5,7-8H2,1-2H3. The zero-order valence-electron chi connectivity index (χ0n) is 8.84. The van der Waals surface area contributed by atoms with Gasteiger partial charge in [-0.15, -0.1) is 0 Å². The van der Waals surface area contributed by atoms with Crippen LogP contribution < -0.4 is 5.32 Å². The fraction of sp³-hybridized carbons (Fsp3) is 0.900. The van der Waals surface area contributed by atoms with Gasteiger partial charge < -0.3 is 5.11 Å². The van der Waals surface area contributed by atoms with E-state index in [0.717, 1.165) is 17.9 Å². The smallest absolute Gasteiger partial charge is 0.116 e. The van der Waals surface area contributed by atoms with Crippen LogP contribution in [0.1, 0.15) is 20.3 Å². The second-order valence-corrected chi connectivity index (χ2v) is 5.66. The van der Waals surface area contributed by atoms with Crippen LogP contribution in [0.3, 0.4) is 0 Å². The maximum atomic E-state index is 9.19. The summed E-state index contributed by atoms with van der Waals surface area (Å²) in [5, 5.41) is 21.1. The number of nitrogens with one attached hydrogen (secondary N) is 1. The zero-order valence-corrected chi connectivity index (χ0v) is 9.65. The molecule has 1 fully saturated rings. The first-order chi connectivity index (χ1) is 6.54. The Morgan fingerprint density at radius 3 is 2.71 bits per heavy atom. The summed E-state index contributed by atoms with van der Waals surface area (Å²) < 4.78 is 0.